The topological polar surface area (TPSA) is 247 Å². The van der Waals surface area contributed by atoms with Crippen LogP contribution in [0.4, 0.5) is 0 Å². The first-order valence-electron chi connectivity index (χ1n) is 10.4. The van der Waals surface area contributed by atoms with Crippen molar-refractivity contribution in [2.75, 3.05) is 6.54 Å². The minimum absolute atomic E-state index is 0.0107. The van der Waals surface area contributed by atoms with E-state index in [4.69, 9.17) is 21.7 Å². The van der Waals surface area contributed by atoms with Gasteiger partial charge in [-0.25, -0.2) is 4.79 Å². The number of nitrogens with two attached hydrogens (primary N) is 2. The van der Waals surface area contributed by atoms with E-state index in [1.807, 2.05) is 17.4 Å². The fraction of sp³-hybridized carbons (Fsp3) is 0.333. The zero-order valence-corrected chi connectivity index (χ0v) is 18.4. The molecule has 4 amide bonds. The van der Waals surface area contributed by atoms with Crippen LogP contribution in [0.5, 0.6) is 0 Å². The van der Waals surface area contributed by atoms with Gasteiger partial charge in [-0.1, -0.05) is 18.2 Å². The molecule has 0 bridgehead atoms. The number of primary amides is 1. The first-order chi connectivity index (χ1) is 16.5. The summed E-state index contributed by atoms with van der Waals surface area (Å²) in [7, 11) is 0. The molecule has 35 heavy (non-hydrogen) atoms. The molecular weight excluding hydrogens is 464 g/mol. The van der Waals surface area contributed by atoms with Crippen molar-refractivity contribution in [2.24, 2.45) is 11.5 Å². The summed E-state index contributed by atoms with van der Waals surface area (Å²) in [5, 5.41) is 25.5. The van der Waals surface area contributed by atoms with Gasteiger partial charge in [0.15, 0.2) is 0 Å². The monoisotopic (exact) mass is 490 g/mol. The number of fused-ring (bicyclic) bond motifs is 1. The van der Waals surface area contributed by atoms with Gasteiger partial charge in [0.05, 0.1) is 19.4 Å². The lowest BCUT2D eigenvalue weighted by molar-refractivity contribution is -0.147. The summed E-state index contributed by atoms with van der Waals surface area (Å²) in [5.74, 6) is -6.78. The Morgan fingerprint density at radius 1 is 0.886 bits per heavy atom. The predicted octanol–water partition coefficient (Wildman–Crippen LogP) is -2.44. The minimum Gasteiger partial charge on any atom is -0.481 e. The van der Waals surface area contributed by atoms with Crippen molar-refractivity contribution in [3.05, 3.63) is 36.0 Å². The summed E-state index contributed by atoms with van der Waals surface area (Å²) in [4.78, 5) is 74.2. The lowest BCUT2D eigenvalue weighted by Gasteiger charge is -2.23. The Bertz CT molecular complexity index is 1130. The number of aromatic amines is 1. The highest BCUT2D eigenvalue weighted by molar-refractivity contribution is 5.96. The van der Waals surface area contributed by atoms with Gasteiger partial charge in [-0.2, -0.15) is 0 Å². The number of hydrogen-bond acceptors (Lipinski definition) is 7. The van der Waals surface area contributed by atoms with Gasteiger partial charge in [-0.3, -0.25) is 24.0 Å². The van der Waals surface area contributed by atoms with Crippen molar-refractivity contribution < 1.29 is 39.0 Å². The van der Waals surface area contributed by atoms with Gasteiger partial charge in [0.25, 0.3) is 0 Å². The molecule has 1 heterocycles. The fourth-order valence-corrected chi connectivity index (χ4v) is 3.31. The second-order valence-corrected chi connectivity index (χ2v) is 7.62. The SMILES string of the molecule is NCC(=O)NC(Cc1c[nH]c2ccccc12)C(=O)NC(CC(N)=O)C(=O)NC(CC(=O)O)C(=O)O. The van der Waals surface area contributed by atoms with E-state index in [9.17, 15) is 28.8 Å². The summed E-state index contributed by atoms with van der Waals surface area (Å²) in [5.41, 5.74) is 12.0. The maximum Gasteiger partial charge on any atom is 0.326 e. The van der Waals surface area contributed by atoms with E-state index in [0.717, 1.165) is 10.9 Å². The Kier molecular flexibility index (Phi) is 9.28. The van der Waals surface area contributed by atoms with Crippen molar-refractivity contribution >= 4 is 46.5 Å². The number of carbonyl (C=O) groups excluding carboxylic acids is 4. The fourth-order valence-electron chi connectivity index (χ4n) is 3.31. The number of carboxylic acids is 2. The summed E-state index contributed by atoms with van der Waals surface area (Å²) < 4.78 is 0. The van der Waals surface area contributed by atoms with E-state index in [1.165, 1.54) is 0 Å². The lowest BCUT2D eigenvalue weighted by atomic mass is 10.0. The highest BCUT2D eigenvalue weighted by atomic mass is 16.4. The Hall–Kier alpha value is -4.46. The maximum absolute atomic E-state index is 13.0. The Balaban J connectivity index is 2.25. The van der Waals surface area contributed by atoms with Crippen LogP contribution in [-0.2, 0) is 35.2 Å². The van der Waals surface area contributed by atoms with Crippen molar-refractivity contribution in [1.29, 1.82) is 0 Å². The highest BCUT2D eigenvalue weighted by Gasteiger charge is 2.31. The van der Waals surface area contributed by atoms with Crippen LogP contribution in [0.2, 0.25) is 0 Å². The number of benzene rings is 1. The number of carbonyl (C=O) groups is 6. The summed E-state index contributed by atoms with van der Waals surface area (Å²) in [6.07, 6.45) is -0.00451. The molecular formula is C21H26N6O8. The maximum atomic E-state index is 13.0. The number of aromatic nitrogens is 1. The number of nitrogens with one attached hydrogen (secondary N) is 4. The van der Waals surface area contributed by atoms with E-state index < -0.39 is 73.1 Å². The van der Waals surface area contributed by atoms with Gasteiger partial charge >= 0.3 is 11.9 Å². The van der Waals surface area contributed by atoms with Crippen LogP contribution < -0.4 is 27.4 Å². The van der Waals surface area contributed by atoms with Crippen LogP contribution in [0.3, 0.4) is 0 Å². The number of amides is 4. The number of aliphatic carboxylic acids is 2. The van der Waals surface area contributed by atoms with Crippen molar-refractivity contribution in [1.82, 2.24) is 20.9 Å². The molecule has 1 aromatic carbocycles. The molecule has 2 rings (SSSR count). The van der Waals surface area contributed by atoms with Gasteiger partial charge in [-0.15, -0.1) is 0 Å². The zero-order chi connectivity index (χ0) is 26.1. The molecule has 1 aromatic heterocycles. The Labute approximate surface area is 198 Å². The Morgan fingerprint density at radius 2 is 1.51 bits per heavy atom. The van der Waals surface area contributed by atoms with E-state index >= 15 is 0 Å². The predicted molar refractivity (Wildman–Crippen MR) is 121 cm³/mol. The minimum atomic E-state index is -1.81. The van der Waals surface area contributed by atoms with E-state index in [0.29, 0.717) is 5.56 Å². The lowest BCUT2D eigenvalue weighted by Crippen LogP contribution is -2.57. The van der Waals surface area contributed by atoms with Gasteiger partial charge in [0.1, 0.15) is 18.1 Å². The Morgan fingerprint density at radius 3 is 2.11 bits per heavy atom. The average Bonchev–Trinajstić information content (AvgIpc) is 3.19. The summed E-state index contributed by atoms with van der Waals surface area (Å²) in [6.45, 7) is -0.418. The number of carboxylic acid groups (broad SMARTS) is 2. The third kappa shape index (κ3) is 7.82. The summed E-state index contributed by atoms with van der Waals surface area (Å²) in [6, 6.07) is 2.56. The molecule has 2 aromatic rings. The van der Waals surface area contributed by atoms with Crippen LogP contribution in [0, 0.1) is 0 Å². The molecule has 0 aliphatic heterocycles. The van der Waals surface area contributed by atoms with Crippen LogP contribution in [0.15, 0.2) is 30.5 Å². The van der Waals surface area contributed by atoms with Crippen LogP contribution in [-0.4, -0.2) is 75.4 Å². The van der Waals surface area contributed by atoms with E-state index in [-0.39, 0.29) is 6.42 Å². The van der Waals surface area contributed by atoms with Crippen LogP contribution in [0.1, 0.15) is 18.4 Å². The third-order valence-electron chi connectivity index (χ3n) is 4.97. The molecule has 14 heteroatoms. The molecule has 0 saturated heterocycles. The summed E-state index contributed by atoms with van der Waals surface area (Å²) >= 11 is 0. The molecule has 188 valence electrons. The average molecular weight is 490 g/mol. The smallest absolute Gasteiger partial charge is 0.326 e. The second kappa shape index (κ2) is 12.1. The molecule has 0 spiro atoms. The van der Waals surface area contributed by atoms with Crippen molar-refractivity contribution in [2.45, 2.75) is 37.4 Å². The number of rotatable bonds is 13. The quantitative estimate of drug-likeness (QED) is 0.148. The largest absolute Gasteiger partial charge is 0.481 e. The number of para-hydroxylation sites is 1. The molecule has 0 fully saturated rings. The zero-order valence-electron chi connectivity index (χ0n) is 18.4. The molecule has 10 N–H and O–H groups in total. The van der Waals surface area contributed by atoms with Crippen molar-refractivity contribution in [3.63, 3.8) is 0 Å². The standard InChI is InChI=1S/C21H26N6O8/c22-8-17(29)25-13(5-10-9-24-12-4-2-1-3-11(10)12)19(32)26-14(6-16(23)28)20(33)27-15(21(34)35)7-18(30)31/h1-4,9,13-15,24H,5-8,22H2,(H2,23,28)(H,25,29)(H,26,32)(H,27,33)(H,30,31)(H,34,35). The third-order valence-corrected chi connectivity index (χ3v) is 4.97. The van der Waals surface area contributed by atoms with E-state index in [1.54, 1.807) is 18.3 Å². The molecule has 0 saturated carbocycles. The normalized spacial score (nSPS) is 13.3. The number of H-pyrrole nitrogens is 1. The molecule has 0 aliphatic carbocycles. The van der Waals surface area contributed by atoms with Crippen molar-refractivity contribution in [3.8, 4) is 0 Å². The number of hydrogen-bond donors (Lipinski definition) is 8. The van der Waals surface area contributed by atoms with Crippen LogP contribution in [0.25, 0.3) is 10.9 Å². The molecule has 0 radical (unpaired) electrons. The van der Waals surface area contributed by atoms with Gasteiger partial charge in [0.2, 0.25) is 23.6 Å². The first kappa shape index (κ1) is 26.8. The molecule has 3 unspecified atom stereocenters. The van der Waals surface area contributed by atoms with Crippen LogP contribution >= 0.6 is 0 Å². The van der Waals surface area contributed by atoms with E-state index in [2.05, 4.69) is 15.6 Å². The highest BCUT2D eigenvalue weighted by Crippen LogP contribution is 2.19. The van der Waals surface area contributed by atoms with Gasteiger partial charge in [-0.05, 0) is 11.6 Å². The van der Waals surface area contributed by atoms with Gasteiger partial charge < -0.3 is 42.6 Å². The molecule has 0 aliphatic rings. The first-order valence-corrected chi connectivity index (χ1v) is 10.4. The second-order valence-electron chi connectivity index (χ2n) is 7.62. The molecule has 3 atom stereocenters. The molecule has 14 nitrogen and oxygen atoms in total. The van der Waals surface area contributed by atoms with Gasteiger partial charge in [0, 0.05) is 23.5 Å².